The Balaban J connectivity index is 1.55. The maximum absolute atomic E-state index is 12.8. The van der Waals surface area contributed by atoms with E-state index < -0.39 is 0 Å². The molecule has 3 heterocycles. The van der Waals surface area contributed by atoms with Crippen molar-refractivity contribution in [2.24, 2.45) is 0 Å². The number of aromatic nitrogens is 5. The zero-order valence-corrected chi connectivity index (χ0v) is 16.7. The quantitative estimate of drug-likeness (QED) is 0.456. The van der Waals surface area contributed by atoms with E-state index >= 15 is 0 Å². The molecule has 1 saturated carbocycles. The van der Waals surface area contributed by atoms with E-state index in [1.54, 1.807) is 6.20 Å². The summed E-state index contributed by atoms with van der Waals surface area (Å²) in [5.41, 5.74) is 3.94. The number of carbonyl (C=O) groups excluding carboxylic acids is 1. The first-order valence-corrected chi connectivity index (χ1v) is 10.3. The minimum absolute atomic E-state index is 0.140. The highest BCUT2D eigenvalue weighted by atomic mass is 32.2. The molecule has 0 atom stereocenters. The first-order chi connectivity index (χ1) is 13.1. The number of hydrogen-bond donors (Lipinski definition) is 0. The van der Waals surface area contributed by atoms with Gasteiger partial charge in [0.1, 0.15) is 0 Å². The second-order valence-electron chi connectivity index (χ2n) is 6.89. The molecule has 1 aliphatic rings. The van der Waals surface area contributed by atoms with E-state index in [1.165, 1.54) is 11.8 Å². The number of ketones is 1. The predicted molar refractivity (Wildman–Crippen MR) is 106 cm³/mol. The summed E-state index contributed by atoms with van der Waals surface area (Å²) in [4.78, 5) is 17.0. The van der Waals surface area contributed by atoms with Crippen molar-refractivity contribution >= 4 is 17.5 Å². The van der Waals surface area contributed by atoms with Crippen LogP contribution in [0, 0.1) is 13.8 Å². The Kier molecular flexibility index (Phi) is 4.86. The van der Waals surface area contributed by atoms with Gasteiger partial charge in [0.15, 0.2) is 16.8 Å². The molecule has 0 saturated heterocycles. The van der Waals surface area contributed by atoms with Crippen molar-refractivity contribution in [1.82, 2.24) is 24.3 Å². The molecule has 140 valence electrons. The normalized spacial score (nSPS) is 13.9. The average Bonchev–Trinajstić information content (AvgIpc) is 3.36. The second-order valence-corrected chi connectivity index (χ2v) is 7.83. The van der Waals surface area contributed by atoms with Gasteiger partial charge in [-0.1, -0.05) is 11.8 Å². The van der Waals surface area contributed by atoms with Crippen LogP contribution in [0.2, 0.25) is 0 Å². The van der Waals surface area contributed by atoms with Crippen molar-refractivity contribution in [3.8, 4) is 11.4 Å². The minimum atomic E-state index is 0.140. The lowest BCUT2D eigenvalue weighted by molar-refractivity contribution is 0.102. The number of nitrogens with zero attached hydrogens (tertiary/aromatic N) is 5. The molecule has 0 spiro atoms. The van der Waals surface area contributed by atoms with Crippen LogP contribution >= 0.6 is 11.8 Å². The third-order valence-corrected chi connectivity index (χ3v) is 5.96. The highest BCUT2D eigenvalue weighted by Gasteiger charge is 2.30. The zero-order valence-electron chi connectivity index (χ0n) is 15.8. The lowest BCUT2D eigenvalue weighted by Crippen LogP contribution is -2.07. The van der Waals surface area contributed by atoms with Gasteiger partial charge in [-0.25, -0.2) is 0 Å². The summed E-state index contributed by atoms with van der Waals surface area (Å²) in [5.74, 6) is 1.34. The van der Waals surface area contributed by atoms with Crippen LogP contribution in [0.4, 0.5) is 0 Å². The molecule has 0 N–H and O–H groups in total. The molecule has 0 amide bonds. The minimum Gasteiger partial charge on any atom is -0.349 e. The van der Waals surface area contributed by atoms with Crippen LogP contribution in [0.25, 0.3) is 11.4 Å². The van der Waals surface area contributed by atoms with Crippen LogP contribution < -0.4 is 0 Å². The highest BCUT2D eigenvalue weighted by Crippen LogP contribution is 2.41. The van der Waals surface area contributed by atoms with Gasteiger partial charge in [-0.2, -0.15) is 0 Å². The van der Waals surface area contributed by atoms with Gasteiger partial charge in [-0.3, -0.25) is 14.3 Å². The van der Waals surface area contributed by atoms with Gasteiger partial charge in [-0.05, 0) is 51.8 Å². The molecule has 3 aromatic rings. The summed E-state index contributed by atoms with van der Waals surface area (Å²) in [5, 5.41) is 9.57. The van der Waals surface area contributed by atoms with Gasteiger partial charge in [-0.15, -0.1) is 10.2 Å². The topological polar surface area (TPSA) is 65.6 Å². The van der Waals surface area contributed by atoms with Crippen LogP contribution in [-0.4, -0.2) is 35.9 Å². The molecule has 0 radical (unpaired) electrons. The van der Waals surface area contributed by atoms with Crippen LogP contribution in [0.5, 0.6) is 0 Å². The molecule has 4 rings (SSSR count). The van der Waals surface area contributed by atoms with Crippen molar-refractivity contribution in [3.05, 3.63) is 47.5 Å². The standard InChI is InChI=1S/C20H23N5OS/c1-4-24-13(2)10-17(14(24)3)18(26)12-27-20-23-22-19(25(20)16-7-8-16)15-6-5-9-21-11-15/h5-6,9-11,16H,4,7-8,12H2,1-3H3. The number of hydrogen-bond acceptors (Lipinski definition) is 5. The summed E-state index contributed by atoms with van der Waals surface area (Å²) < 4.78 is 4.34. The van der Waals surface area contributed by atoms with Crippen molar-refractivity contribution < 1.29 is 4.79 Å². The number of thioether (sulfide) groups is 1. The molecule has 0 unspecified atom stereocenters. The fourth-order valence-corrected chi connectivity index (χ4v) is 4.40. The maximum atomic E-state index is 12.8. The second kappa shape index (κ2) is 7.31. The van der Waals surface area contributed by atoms with Crippen molar-refractivity contribution in [1.29, 1.82) is 0 Å². The van der Waals surface area contributed by atoms with Gasteiger partial charge in [0, 0.05) is 47.5 Å². The van der Waals surface area contributed by atoms with E-state index in [0.717, 1.165) is 52.9 Å². The Morgan fingerprint density at radius 2 is 2.11 bits per heavy atom. The molecule has 7 heteroatoms. The van der Waals surface area contributed by atoms with Crippen molar-refractivity contribution in [3.63, 3.8) is 0 Å². The summed E-state index contributed by atoms with van der Waals surface area (Å²) in [6.07, 6.45) is 5.82. The smallest absolute Gasteiger partial charge is 0.192 e. The van der Waals surface area contributed by atoms with Crippen LogP contribution in [0.1, 0.15) is 47.6 Å². The van der Waals surface area contributed by atoms with E-state index in [-0.39, 0.29) is 5.78 Å². The average molecular weight is 382 g/mol. The van der Waals surface area contributed by atoms with Gasteiger partial charge in [0.05, 0.1) is 5.75 Å². The number of rotatable bonds is 7. The van der Waals surface area contributed by atoms with E-state index in [0.29, 0.717) is 11.8 Å². The lowest BCUT2D eigenvalue weighted by Gasteiger charge is -2.08. The van der Waals surface area contributed by atoms with Gasteiger partial charge >= 0.3 is 0 Å². The number of Topliss-reactive ketones (excluding diaryl/α,β-unsaturated/α-hetero) is 1. The summed E-state index contributed by atoms with van der Waals surface area (Å²) >= 11 is 1.48. The predicted octanol–water partition coefficient (Wildman–Crippen LogP) is 4.09. The van der Waals surface area contributed by atoms with Crippen LogP contribution in [-0.2, 0) is 6.54 Å². The largest absolute Gasteiger partial charge is 0.349 e. The molecular weight excluding hydrogens is 358 g/mol. The third-order valence-electron chi connectivity index (χ3n) is 5.02. The van der Waals surface area contributed by atoms with Gasteiger partial charge in [0.25, 0.3) is 0 Å². The SMILES string of the molecule is CCn1c(C)cc(C(=O)CSc2nnc(-c3cccnc3)n2C2CC2)c1C. The fourth-order valence-electron chi connectivity index (χ4n) is 3.51. The Labute approximate surface area is 163 Å². The Morgan fingerprint density at radius 1 is 1.30 bits per heavy atom. The Bertz CT molecular complexity index is 972. The Hall–Kier alpha value is -2.41. The number of carbonyl (C=O) groups is 1. The Morgan fingerprint density at radius 3 is 2.74 bits per heavy atom. The first-order valence-electron chi connectivity index (χ1n) is 9.28. The first kappa shape index (κ1) is 18.0. The van der Waals surface area contributed by atoms with Crippen molar-refractivity contribution in [2.75, 3.05) is 5.75 Å². The molecular formula is C20H23N5OS. The highest BCUT2D eigenvalue weighted by molar-refractivity contribution is 7.99. The van der Waals surface area contributed by atoms with Crippen LogP contribution in [0.15, 0.2) is 35.7 Å². The molecule has 0 bridgehead atoms. The van der Waals surface area contributed by atoms with E-state index in [1.807, 2.05) is 38.2 Å². The number of pyridine rings is 1. The number of aryl methyl sites for hydroxylation is 1. The maximum Gasteiger partial charge on any atom is 0.192 e. The molecule has 0 aromatic carbocycles. The molecule has 1 fully saturated rings. The molecule has 3 aromatic heterocycles. The van der Waals surface area contributed by atoms with E-state index in [4.69, 9.17) is 0 Å². The molecule has 0 aliphatic heterocycles. The van der Waals surface area contributed by atoms with Gasteiger partial charge < -0.3 is 4.57 Å². The molecule has 27 heavy (non-hydrogen) atoms. The van der Waals surface area contributed by atoms with Gasteiger partial charge in [0.2, 0.25) is 0 Å². The monoisotopic (exact) mass is 381 g/mol. The fraction of sp³-hybridized carbons (Fsp3) is 0.400. The molecule has 1 aliphatic carbocycles. The summed E-state index contributed by atoms with van der Waals surface area (Å²) in [6, 6.07) is 6.32. The van der Waals surface area contributed by atoms with E-state index in [2.05, 4.69) is 31.2 Å². The summed E-state index contributed by atoms with van der Waals surface area (Å²) in [6.45, 7) is 7.04. The van der Waals surface area contributed by atoms with Crippen LogP contribution in [0.3, 0.4) is 0 Å². The lowest BCUT2D eigenvalue weighted by atomic mass is 10.2. The molecule has 6 nitrogen and oxygen atoms in total. The van der Waals surface area contributed by atoms with E-state index in [9.17, 15) is 4.79 Å². The van der Waals surface area contributed by atoms with Crippen molar-refractivity contribution in [2.45, 2.75) is 51.4 Å². The zero-order chi connectivity index (χ0) is 19.0. The third kappa shape index (κ3) is 3.43. The summed E-state index contributed by atoms with van der Waals surface area (Å²) in [7, 11) is 0.